The van der Waals surface area contributed by atoms with Gasteiger partial charge < -0.3 is 15.4 Å². The van der Waals surface area contributed by atoms with Crippen LogP contribution in [0.2, 0.25) is 5.02 Å². The van der Waals surface area contributed by atoms with Gasteiger partial charge in [-0.2, -0.15) is 0 Å². The van der Waals surface area contributed by atoms with Crippen LogP contribution in [-0.2, 0) is 0 Å². The molecule has 0 saturated carbocycles. The molecule has 0 radical (unpaired) electrons. The Bertz CT molecular complexity index is 941. The number of nitrogens with zero attached hydrogens (tertiary/aromatic N) is 3. The summed E-state index contributed by atoms with van der Waals surface area (Å²) < 4.78 is 5.91. The Morgan fingerprint density at radius 2 is 2.12 bits per heavy atom. The quantitative estimate of drug-likeness (QED) is 0.696. The number of benzene rings is 1. The maximum Gasteiger partial charge on any atom is 0.228 e. The van der Waals surface area contributed by atoms with E-state index in [1.165, 1.54) is 11.3 Å². The monoisotopic (exact) mass is 385 g/mol. The molecular weight excluding hydrogens is 370 g/mol. The lowest BCUT2D eigenvalue weighted by Gasteiger charge is -2.08. The van der Waals surface area contributed by atoms with Crippen molar-refractivity contribution in [2.24, 2.45) is 4.99 Å². The molecule has 6 nitrogen and oxygen atoms in total. The van der Waals surface area contributed by atoms with Crippen molar-refractivity contribution in [3.63, 3.8) is 0 Å². The van der Waals surface area contributed by atoms with E-state index >= 15 is 0 Å². The third-order valence-electron chi connectivity index (χ3n) is 3.71. The zero-order valence-electron chi connectivity index (χ0n) is 13.9. The minimum Gasteiger partial charge on any atom is -0.438 e. The number of guanidine groups is 1. The second kappa shape index (κ2) is 7.31. The van der Waals surface area contributed by atoms with Crippen LogP contribution in [0.25, 0.3) is 11.3 Å². The number of aliphatic imine (C=N–C) groups is 1. The van der Waals surface area contributed by atoms with E-state index in [1.54, 1.807) is 30.5 Å². The number of aromatic nitrogens is 2. The summed E-state index contributed by atoms with van der Waals surface area (Å²) in [6.45, 7) is 2.85. The summed E-state index contributed by atoms with van der Waals surface area (Å²) >= 11 is 7.43. The summed E-state index contributed by atoms with van der Waals surface area (Å²) in [6, 6.07) is 11.3. The standard InChI is InChI=1S/C18H16ClN5OS/c1-11-9-21-17(22-11)24-18-23-15(10-26-18)14-3-2-8-20-16(14)25-13-6-4-12(19)5-7-13/h2-8,10-11H,9H2,1H3,(H2,21,22,23,24)/t11-/m1/s1. The molecule has 1 aliphatic heterocycles. The molecule has 0 spiro atoms. The molecule has 0 saturated heterocycles. The average molecular weight is 386 g/mol. The fraction of sp³-hybridized carbons (Fsp3) is 0.167. The lowest BCUT2D eigenvalue weighted by atomic mass is 10.2. The van der Waals surface area contributed by atoms with Gasteiger partial charge in [-0.1, -0.05) is 11.6 Å². The van der Waals surface area contributed by atoms with Crippen molar-refractivity contribution in [2.75, 3.05) is 11.9 Å². The van der Waals surface area contributed by atoms with E-state index in [9.17, 15) is 0 Å². The number of hydrogen-bond acceptors (Lipinski definition) is 7. The van der Waals surface area contributed by atoms with E-state index in [-0.39, 0.29) is 0 Å². The Morgan fingerprint density at radius 1 is 1.27 bits per heavy atom. The summed E-state index contributed by atoms with van der Waals surface area (Å²) in [5.41, 5.74) is 1.61. The molecule has 2 N–H and O–H groups in total. The van der Waals surface area contributed by atoms with E-state index < -0.39 is 0 Å². The normalized spacial score (nSPS) is 16.1. The van der Waals surface area contributed by atoms with Crippen molar-refractivity contribution in [2.45, 2.75) is 13.0 Å². The van der Waals surface area contributed by atoms with Crippen LogP contribution in [0.1, 0.15) is 6.92 Å². The fourth-order valence-electron chi connectivity index (χ4n) is 2.47. The first-order valence-corrected chi connectivity index (χ1v) is 9.35. The van der Waals surface area contributed by atoms with E-state index in [0.717, 1.165) is 28.9 Å². The van der Waals surface area contributed by atoms with E-state index in [2.05, 4.69) is 32.5 Å². The number of nitrogens with one attached hydrogen (secondary N) is 2. The molecule has 3 aromatic rings. The van der Waals surface area contributed by atoms with E-state index in [1.807, 2.05) is 17.5 Å². The predicted octanol–water partition coefficient (Wildman–Crippen LogP) is 4.41. The van der Waals surface area contributed by atoms with Crippen molar-refractivity contribution in [1.29, 1.82) is 0 Å². The molecule has 0 unspecified atom stereocenters. The van der Waals surface area contributed by atoms with Crippen LogP contribution < -0.4 is 15.4 Å². The lowest BCUT2D eigenvalue weighted by Crippen LogP contribution is -2.32. The van der Waals surface area contributed by atoms with Crippen LogP contribution >= 0.6 is 22.9 Å². The summed E-state index contributed by atoms with van der Waals surface area (Å²) in [5, 5.41) is 9.85. The summed E-state index contributed by atoms with van der Waals surface area (Å²) in [5.74, 6) is 1.92. The summed E-state index contributed by atoms with van der Waals surface area (Å²) in [6.07, 6.45) is 1.69. The molecule has 3 heterocycles. The van der Waals surface area contributed by atoms with Gasteiger partial charge in [-0.05, 0) is 43.3 Å². The number of pyridine rings is 1. The first-order chi connectivity index (χ1) is 12.7. The lowest BCUT2D eigenvalue weighted by molar-refractivity contribution is 0.465. The Balaban J connectivity index is 1.55. The largest absolute Gasteiger partial charge is 0.438 e. The third-order valence-corrected chi connectivity index (χ3v) is 4.72. The molecule has 4 rings (SSSR count). The first kappa shape index (κ1) is 16.8. The van der Waals surface area contributed by atoms with Crippen LogP contribution in [0.5, 0.6) is 11.6 Å². The SMILES string of the molecule is C[C@@H]1CN=C(Nc2nc(-c3cccnc3Oc3ccc(Cl)cc3)cs2)N1. The van der Waals surface area contributed by atoms with Crippen LogP contribution in [0.3, 0.4) is 0 Å². The highest BCUT2D eigenvalue weighted by Gasteiger charge is 2.16. The number of rotatable bonds is 4. The van der Waals surface area contributed by atoms with Gasteiger partial charge in [0, 0.05) is 22.6 Å². The van der Waals surface area contributed by atoms with Gasteiger partial charge in [0.1, 0.15) is 5.75 Å². The smallest absolute Gasteiger partial charge is 0.228 e. The fourth-order valence-corrected chi connectivity index (χ4v) is 3.30. The zero-order chi connectivity index (χ0) is 17.9. The van der Waals surface area contributed by atoms with Crippen molar-refractivity contribution in [3.8, 4) is 22.9 Å². The van der Waals surface area contributed by atoms with E-state index in [0.29, 0.717) is 22.7 Å². The molecule has 0 amide bonds. The highest BCUT2D eigenvalue weighted by Crippen LogP contribution is 2.33. The maximum atomic E-state index is 5.92. The van der Waals surface area contributed by atoms with Gasteiger partial charge in [-0.15, -0.1) is 11.3 Å². The third kappa shape index (κ3) is 3.79. The molecule has 26 heavy (non-hydrogen) atoms. The topological polar surface area (TPSA) is 71.4 Å². The molecule has 0 bridgehead atoms. The minimum absolute atomic E-state index is 0.342. The van der Waals surface area contributed by atoms with Crippen molar-refractivity contribution in [1.82, 2.24) is 15.3 Å². The number of ether oxygens (including phenoxy) is 1. The maximum absolute atomic E-state index is 5.92. The van der Waals surface area contributed by atoms with Crippen molar-refractivity contribution < 1.29 is 4.74 Å². The molecule has 0 fully saturated rings. The molecular formula is C18H16ClN5OS. The Hall–Kier alpha value is -2.64. The summed E-state index contributed by atoms with van der Waals surface area (Å²) in [7, 11) is 0. The van der Waals surface area contributed by atoms with Crippen LogP contribution in [-0.4, -0.2) is 28.5 Å². The van der Waals surface area contributed by atoms with Crippen molar-refractivity contribution >= 4 is 34.0 Å². The van der Waals surface area contributed by atoms with Gasteiger partial charge in [-0.3, -0.25) is 4.99 Å². The Morgan fingerprint density at radius 3 is 2.88 bits per heavy atom. The number of halogens is 1. The van der Waals surface area contributed by atoms with Gasteiger partial charge >= 0.3 is 0 Å². The highest BCUT2D eigenvalue weighted by atomic mass is 35.5. The van der Waals surface area contributed by atoms with Crippen molar-refractivity contribution in [3.05, 3.63) is 53.0 Å². The number of anilines is 1. The molecule has 8 heteroatoms. The first-order valence-electron chi connectivity index (χ1n) is 8.10. The molecule has 1 aromatic carbocycles. The van der Waals surface area contributed by atoms with Crippen LogP contribution in [0.4, 0.5) is 5.13 Å². The molecule has 0 aliphatic carbocycles. The second-order valence-corrected chi connectivity index (χ2v) is 7.10. The van der Waals surface area contributed by atoms with Gasteiger partial charge in [0.05, 0.1) is 17.8 Å². The van der Waals surface area contributed by atoms with Gasteiger partial charge in [0.2, 0.25) is 5.88 Å². The molecule has 1 atom stereocenters. The molecule has 2 aromatic heterocycles. The van der Waals surface area contributed by atoms with E-state index in [4.69, 9.17) is 16.3 Å². The molecule has 1 aliphatic rings. The van der Waals surface area contributed by atoms with Gasteiger partial charge in [0.25, 0.3) is 0 Å². The van der Waals surface area contributed by atoms with Crippen LogP contribution in [0, 0.1) is 0 Å². The Labute approximate surface area is 159 Å². The number of hydrogen-bond donors (Lipinski definition) is 2. The molecule has 132 valence electrons. The highest BCUT2D eigenvalue weighted by molar-refractivity contribution is 7.14. The van der Waals surface area contributed by atoms with Crippen LogP contribution in [0.15, 0.2) is 53.0 Å². The Kier molecular flexibility index (Phi) is 4.73. The van der Waals surface area contributed by atoms with Gasteiger partial charge in [0.15, 0.2) is 11.1 Å². The number of thiazole rings is 1. The minimum atomic E-state index is 0.342. The predicted molar refractivity (Wildman–Crippen MR) is 105 cm³/mol. The zero-order valence-corrected chi connectivity index (χ0v) is 15.5. The average Bonchev–Trinajstić information content (AvgIpc) is 3.27. The second-order valence-electron chi connectivity index (χ2n) is 5.81. The summed E-state index contributed by atoms with van der Waals surface area (Å²) in [4.78, 5) is 13.4. The van der Waals surface area contributed by atoms with Gasteiger partial charge in [-0.25, -0.2) is 9.97 Å².